The van der Waals surface area contributed by atoms with E-state index in [0.717, 1.165) is 16.5 Å². The van der Waals surface area contributed by atoms with E-state index >= 15 is 0 Å². The monoisotopic (exact) mass is 316 g/mol. The standard InChI is InChI=1S/C17H20N2O4/c1-10-3-4-14-13(11(10)2)8-15(18-14)17(22)19-5-6-23-12(9-19)7-16(20)21/h3-4,8,12,18H,5-7,9H2,1-2H3,(H,20,21)/t12-/m0/s1. The molecule has 1 aromatic carbocycles. The Hall–Kier alpha value is -2.34. The number of hydrogen-bond acceptors (Lipinski definition) is 3. The molecule has 0 radical (unpaired) electrons. The molecule has 1 aromatic heterocycles. The number of amides is 1. The average Bonchev–Trinajstić information content (AvgIpc) is 2.95. The van der Waals surface area contributed by atoms with Gasteiger partial charge >= 0.3 is 5.97 Å². The molecule has 1 amide bonds. The summed E-state index contributed by atoms with van der Waals surface area (Å²) in [7, 11) is 0. The highest BCUT2D eigenvalue weighted by molar-refractivity contribution is 5.99. The van der Waals surface area contributed by atoms with Crippen molar-refractivity contribution >= 4 is 22.8 Å². The first kappa shape index (κ1) is 15.6. The molecule has 1 aliphatic rings. The van der Waals surface area contributed by atoms with Crippen LogP contribution >= 0.6 is 0 Å². The summed E-state index contributed by atoms with van der Waals surface area (Å²) in [4.78, 5) is 28.3. The summed E-state index contributed by atoms with van der Waals surface area (Å²) >= 11 is 0. The maximum Gasteiger partial charge on any atom is 0.306 e. The fourth-order valence-corrected chi connectivity index (χ4v) is 2.97. The minimum atomic E-state index is -0.916. The molecule has 1 fully saturated rings. The van der Waals surface area contributed by atoms with Gasteiger partial charge in [-0.1, -0.05) is 6.07 Å². The van der Waals surface area contributed by atoms with E-state index in [1.165, 1.54) is 5.56 Å². The van der Waals surface area contributed by atoms with Crippen molar-refractivity contribution in [2.45, 2.75) is 26.4 Å². The Bertz CT molecular complexity index is 765. The number of hydrogen-bond donors (Lipinski definition) is 2. The zero-order valence-electron chi connectivity index (χ0n) is 13.3. The normalized spacial score (nSPS) is 18.3. The Kier molecular flexibility index (Phi) is 4.09. The third kappa shape index (κ3) is 3.07. The van der Waals surface area contributed by atoms with E-state index in [0.29, 0.717) is 25.4 Å². The number of morpholine rings is 1. The van der Waals surface area contributed by atoms with Crippen LogP contribution in [0, 0.1) is 13.8 Å². The molecule has 6 nitrogen and oxygen atoms in total. The lowest BCUT2D eigenvalue weighted by Gasteiger charge is -2.32. The lowest BCUT2D eigenvalue weighted by Crippen LogP contribution is -2.46. The summed E-state index contributed by atoms with van der Waals surface area (Å²) in [6.45, 7) is 5.22. The van der Waals surface area contributed by atoms with Crippen LogP contribution in [0.25, 0.3) is 10.9 Å². The number of carbonyl (C=O) groups excluding carboxylic acids is 1. The summed E-state index contributed by atoms with van der Waals surface area (Å²) < 4.78 is 5.41. The Morgan fingerprint density at radius 1 is 1.39 bits per heavy atom. The second-order valence-electron chi connectivity index (χ2n) is 5.99. The van der Waals surface area contributed by atoms with E-state index in [2.05, 4.69) is 4.98 Å². The minimum absolute atomic E-state index is 0.0885. The molecular formula is C17H20N2O4. The van der Waals surface area contributed by atoms with E-state index in [9.17, 15) is 9.59 Å². The number of nitrogens with zero attached hydrogens (tertiary/aromatic N) is 1. The highest BCUT2D eigenvalue weighted by Crippen LogP contribution is 2.23. The zero-order chi connectivity index (χ0) is 16.6. The van der Waals surface area contributed by atoms with Gasteiger partial charge in [-0.15, -0.1) is 0 Å². The van der Waals surface area contributed by atoms with Gasteiger partial charge < -0.3 is 19.7 Å². The van der Waals surface area contributed by atoms with Gasteiger partial charge in [0.05, 0.1) is 19.1 Å². The van der Waals surface area contributed by atoms with Crippen molar-refractivity contribution in [1.82, 2.24) is 9.88 Å². The molecule has 23 heavy (non-hydrogen) atoms. The Morgan fingerprint density at radius 3 is 2.91 bits per heavy atom. The first-order chi connectivity index (χ1) is 11.0. The molecule has 0 aliphatic carbocycles. The number of aromatic nitrogens is 1. The summed E-state index contributed by atoms with van der Waals surface area (Å²) in [5.41, 5.74) is 3.81. The number of benzene rings is 1. The van der Waals surface area contributed by atoms with Crippen LogP contribution in [0.3, 0.4) is 0 Å². The number of H-pyrrole nitrogens is 1. The fourth-order valence-electron chi connectivity index (χ4n) is 2.97. The van der Waals surface area contributed by atoms with Gasteiger partial charge in [-0.2, -0.15) is 0 Å². The first-order valence-corrected chi connectivity index (χ1v) is 7.67. The molecule has 2 N–H and O–H groups in total. The van der Waals surface area contributed by atoms with Gasteiger partial charge in [-0.3, -0.25) is 9.59 Å². The number of aromatic amines is 1. The van der Waals surface area contributed by atoms with E-state index in [4.69, 9.17) is 9.84 Å². The number of carbonyl (C=O) groups is 2. The molecule has 1 saturated heterocycles. The molecule has 1 aliphatic heterocycles. The lowest BCUT2D eigenvalue weighted by atomic mass is 10.1. The van der Waals surface area contributed by atoms with E-state index < -0.39 is 12.1 Å². The van der Waals surface area contributed by atoms with Gasteiger partial charge in [0, 0.05) is 24.0 Å². The van der Waals surface area contributed by atoms with E-state index in [-0.39, 0.29) is 12.3 Å². The van der Waals surface area contributed by atoms with Crippen molar-refractivity contribution in [1.29, 1.82) is 0 Å². The van der Waals surface area contributed by atoms with Gasteiger partial charge in [-0.05, 0) is 37.1 Å². The number of ether oxygens (including phenoxy) is 1. The molecule has 0 bridgehead atoms. The number of rotatable bonds is 3. The number of nitrogens with one attached hydrogen (secondary N) is 1. The molecule has 1 atom stereocenters. The molecule has 0 saturated carbocycles. The van der Waals surface area contributed by atoms with Crippen LogP contribution in [0.5, 0.6) is 0 Å². The van der Waals surface area contributed by atoms with E-state index in [1.807, 2.05) is 32.0 Å². The summed E-state index contributed by atoms with van der Waals surface area (Å²) in [6, 6.07) is 5.88. The number of aryl methyl sites for hydroxylation is 2. The van der Waals surface area contributed by atoms with Gasteiger partial charge in [0.25, 0.3) is 5.91 Å². The molecular weight excluding hydrogens is 296 g/mol. The average molecular weight is 316 g/mol. The predicted octanol–water partition coefficient (Wildman–Crippen LogP) is 2.10. The van der Waals surface area contributed by atoms with Crippen LogP contribution in [0.2, 0.25) is 0 Å². The second kappa shape index (κ2) is 6.04. The van der Waals surface area contributed by atoms with Crippen LogP contribution in [0.15, 0.2) is 18.2 Å². The number of carboxylic acids is 1. The van der Waals surface area contributed by atoms with Gasteiger partial charge in [0.2, 0.25) is 0 Å². The van der Waals surface area contributed by atoms with Crippen LogP contribution in [0.1, 0.15) is 28.0 Å². The summed E-state index contributed by atoms with van der Waals surface area (Å²) in [5, 5.41) is 9.91. The van der Waals surface area contributed by atoms with Gasteiger partial charge in [0.15, 0.2) is 0 Å². The highest BCUT2D eigenvalue weighted by atomic mass is 16.5. The predicted molar refractivity (Wildman–Crippen MR) is 85.7 cm³/mol. The number of aliphatic carboxylic acids is 1. The maximum atomic E-state index is 12.7. The quantitative estimate of drug-likeness (QED) is 0.908. The van der Waals surface area contributed by atoms with Crippen molar-refractivity contribution in [3.63, 3.8) is 0 Å². The van der Waals surface area contributed by atoms with Crippen LogP contribution in [-0.4, -0.2) is 52.7 Å². The maximum absolute atomic E-state index is 12.7. The Balaban J connectivity index is 1.82. The molecule has 2 aromatic rings. The second-order valence-corrected chi connectivity index (χ2v) is 5.99. The SMILES string of the molecule is Cc1ccc2[nH]c(C(=O)N3CCO[C@@H](CC(=O)O)C3)cc2c1C. The molecule has 3 rings (SSSR count). The topological polar surface area (TPSA) is 82.6 Å². The molecule has 122 valence electrons. The van der Waals surface area contributed by atoms with Crippen LogP contribution in [0.4, 0.5) is 0 Å². The third-order valence-corrected chi connectivity index (χ3v) is 4.40. The highest BCUT2D eigenvalue weighted by Gasteiger charge is 2.27. The first-order valence-electron chi connectivity index (χ1n) is 7.67. The van der Waals surface area contributed by atoms with Gasteiger partial charge in [0.1, 0.15) is 5.69 Å². The molecule has 0 unspecified atom stereocenters. The zero-order valence-corrected chi connectivity index (χ0v) is 13.3. The number of carboxylic acid groups (broad SMARTS) is 1. The summed E-state index contributed by atoms with van der Waals surface area (Å²) in [5.74, 6) is -1.03. The Labute approximate surface area is 134 Å². The molecule has 0 spiro atoms. The van der Waals surface area contributed by atoms with Crippen molar-refractivity contribution < 1.29 is 19.4 Å². The van der Waals surface area contributed by atoms with Crippen molar-refractivity contribution in [3.05, 3.63) is 35.0 Å². The van der Waals surface area contributed by atoms with Crippen molar-refractivity contribution in [2.24, 2.45) is 0 Å². The summed E-state index contributed by atoms with van der Waals surface area (Å²) in [6.07, 6.45) is -0.534. The van der Waals surface area contributed by atoms with Gasteiger partial charge in [-0.25, -0.2) is 0 Å². The number of fused-ring (bicyclic) bond motifs is 1. The third-order valence-electron chi connectivity index (χ3n) is 4.40. The Morgan fingerprint density at radius 2 is 2.17 bits per heavy atom. The minimum Gasteiger partial charge on any atom is -0.481 e. The van der Waals surface area contributed by atoms with Crippen molar-refractivity contribution in [3.8, 4) is 0 Å². The lowest BCUT2D eigenvalue weighted by molar-refractivity contribution is -0.141. The van der Waals surface area contributed by atoms with Crippen molar-refractivity contribution in [2.75, 3.05) is 19.7 Å². The van der Waals surface area contributed by atoms with Crippen LogP contribution < -0.4 is 0 Å². The fraction of sp³-hybridized carbons (Fsp3) is 0.412. The van der Waals surface area contributed by atoms with Crippen LogP contribution in [-0.2, 0) is 9.53 Å². The molecule has 6 heteroatoms. The van der Waals surface area contributed by atoms with E-state index in [1.54, 1.807) is 4.90 Å². The smallest absolute Gasteiger partial charge is 0.306 e. The largest absolute Gasteiger partial charge is 0.481 e. The molecule has 2 heterocycles.